The second kappa shape index (κ2) is 14.0. The van der Waals surface area contributed by atoms with Crippen molar-refractivity contribution in [3.05, 3.63) is 70.9 Å². The van der Waals surface area contributed by atoms with E-state index in [2.05, 4.69) is 21.9 Å². The fourth-order valence-corrected chi connectivity index (χ4v) is 5.52. The maximum atomic E-state index is 13.4. The normalized spacial score (nSPS) is 14.2. The number of ketones is 2. The van der Waals surface area contributed by atoms with E-state index >= 15 is 0 Å². The number of aryl methyl sites for hydroxylation is 1. The molecule has 0 N–H and O–H groups in total. The van der Waals surface area contributed by atoms with Crippen molar-refractivity contribution in [1.29, 1.82) is 0 Å². The van der Waals surface area contributed by atoms with E-state index in [1.54, 1.807) is 16.8 Å². The maximum Gasteiger partial charge on any atom is 0.433 e. The zero-order valence-electron chi connectivity index (χ0n) is 24.6. The summed E-state index contributed by atoms with van der Waals surface area (Å²) in [5.74, 6) is 0.540. The monoisotopic (exact) mass is 580 g/mol. The van der Waals surface area contributed by atoms with Crippen LogP contribution in [0.3, 0.4) is 0 Å². The number of unbranched alkanes of at least 4 members (excludes halogenated alkanes) is 4. The molecule has 2 aromatic heterocycles. The van der Waals surface area contributed by atoms with Crippen molar-refractivity contribution in [2.45, 2.75) is 91.2 Å². The van der Waals surface area contributed by atoms with Crippen molar-refractivity contribution in [3.63, 3.8) is 0 Å². The molecule has 3 aromatic rings. The molecule has 42 heavy (non-hydrogen) atoms. The van der Waals surface area contributed by atoms with Crippen molar-refractivity contribution < 1.29 is 22.8 Å². The minimum atomic E-state index is -4.54. The van der Waals surface area contributed by atoms with Crippen molar-refractivity contribution >= 4 is 28.5 Å². The first kappa shape index (κ1) is 31.3. The molecule has 0 aliphatic carbocycles. The van der Waals surface area contributed by atoms with Crippen LogP contribution in [-0.2, 0) is 11.2 Å². The highest BCUT2D eigenvalue weighted by Crippen LogP contribution is 2.32. The topological polar surface area (TPSA) is 76.7 Å². The summed E-state index contributed by atoms with van der Waals surface area (Å²) >= 11 is 0. The fraction of sp³-hybridized carbons (Fsp3) is 0.485. The van der Waals surface area contributed by atoms with Crippen LogP contribution < -0.4 is 0 Å². The van der Waals surface area contributed by atoms with E-state index in [0.717, 1.165) is 49.7 Å². The summed E-state index contributed by atoms with van der Waals surface area (Å²) in [5.41, 5.74) is 3.04. The van der Waals surface area contributed by atoms with Crippen LogP contribution in [0.25, 0.3) is 11.2 Å². The van der Waals surface area contributed by atoms with Gasteiger partial charge in [0.1, 0.15) is 11.5 Å². The van der Waals surface area contributed by atoms with Gasteiger partial charge in [0, 0.05) is 48.7 Å². The van der Waals surface area contributed by atoms with Crippen LogP contribution in [0, 0.1) is 12.8 Å². The van der Waals surface area contributed by atoms with Crippen LogP contribution in [-0.4, -0.2) is 44.4 Å². The number of aromatic nitrogens is 3. The number of allylic oxidation sites excluding steroid dienone is 1. The Balaban J connectivity index is 1.33. The number of aliphatic imine (C=N–C) groups is 1. The number of hydrogen-bond acceptors (Lipinski definition) is 5. The Kier molecular flexibility index (Phi) is 10.5. The Morgan fingerprint density at radius 1 is 1.05 bits per heavy atom. The standard InChI is InChI=1S/C33H39F3N4O2/c1-4-5-7-10-22(2)29(41)11-8-6-9-12-30(42)25-14-13-24(19-23(25)3)20-27-32-39-21-28(40(32)18-17-37-27)26-15-16-38-31(26)33(34,35)36/h13-15,17-19,21-22H,4-12,16,20H2,1-3H3/t22-/m0/s1. The molecule has 0 amide bonds. The molecule has 1 atom stereocenters. The van der Waals surface area contributed by atoms with E-state index in [4.69, 9.17) is 0 Å². The minimum absolute atomic E-state index is 0.0160. The van der Waals surface area contributed by atoms with Crippen LogP contribution in [0.5, 0.6) is 0 Å². The Morgan fingerprint density at radius 3 is 2.57 bits per heavy atom. The Morgan fingerprint density at radius 2 is 1.83 bits per heavy atom. The van der Waals surface area contributed by atoms with Crippen molar-refractivity contribution in [2.75, 3.05) is 6.54 Å². The second-order valence-electron chi connectivity index (χ2n) is 11.2. The summed E-state index contributed by atoms with van der Waals surface area (Å²) in [6, 6.07) is 5.68. The van der Waals surface area contributed by atoms with E-state index < -0.39 is 11.9 Å². The summed E-state index contributed by atoms with van der Waals surface area (Å²) in [5, 5.41) is 0. The quantitative estimate of drug-likeness (QED) is 0.135. The number of halogens is 3. The summed E-state index contributed by atoms with van der Waals surface area (Å²) in [7, 11) is 0. The molecule has 0 radical (unpaired) electrons. The van der Waals surface area contributed by atoms with Gasteiger partial charge in [-0.15, -0.1) is 0 Å². The molecule has 6 nitrogen and oxygen atoms in total. The highest BCUT2D eigenvalue weighted by atomic mass is 19.4. The molecule has 0 spiro atoms. The van der Waals surface area contributed by atoms with Gasteiger partial charge in [0.2, 0.25) is 0 Å². The first-order valence-electron chi connectivity index (χ1n) is 14.9. The molecule has 1 aliphatic rings. The molecule has 9 heteroatoms. The fourth-order valence-electron chi connectivity index (χ4n) is 5.52. The average molecular weight is 581 g/mol. The lowest BCUT2D eigenvalue weighted by molar-refractivity contribution is -0.122. The number of imidazole rings is 1. The number of carbonyl (C=O) groups excluding carboxylic acids is 2. The van der Waals surface area contributed by atoms with Gasteiger partial charge >= 0.3 is 6.18 Å². The molecule has 0 unspecified atom stereocenters. The van der Waals surface area contributed by atoms with Crippen molar-refractivity contribution in [1.82, 2.24) is 14.4 Å². The third-order valence-corrected chi connectivity index (χ3v) is 7.93. The lowest BCUT2D eigenvalue weighted by atomic mass is 9.94. The number of rotatable bonds is 15. The summed E-state index contributed by atoms with van der Waals surface area (Å²) in [4.78, 5) is 37.7. The van der Waals surface area contributed by atoms with Crippen LogP contribution in [0.15, 0.2) is 47.9 Å². The van der Waals surface area contributed by atoms with E-state index in [9.17, 15) is 22.8 Å². The maximum absolute atomic E-state index is 13.4. The molecule has 0 saturated carbocycles. The van der Waals surface area contributed by atoms with Crippen LogP contribution in [0.2, 0.25) is 0 Å². The Bertz CT molecular complexity index is 1490. The third-order valence-electron chi connectivity index (χ3n) is 7.93. The predicted octanol–water partition coefficient (Wildman–Crippen LogP) is 7.95. The SMILES string of the molecule is CCCCC[C@H](C)C(=O)CCCCCC(=O)c1ccc(Cc2nccn3c(C4=CCN=C4C(F)(F)F)cnc23)cc1C. The number of fused-ring (bicyclic) bond motifs is 1. The first-order chi connectivity index (χ1) is 20.1. The smallest absolute Gasteiger partial charge is 0.299 e. The number of Topliss-reactive ketones (excluding diaryl/α,β-unsaturated/α-hetero) is 2. The van der Waals surface area contributed by atoms with Gasteiger partial charge in [0.05, 0.1) is 24.1 Å². The van der Waals surface area contributed by atoms with Gasteiger partial charge in [-0.25, -0.2) is 4.98 Å². The second-order valence-corrected chi connectivity index (χ2v) is 11.2. The molecule has 4 rings (SSSR count). The van der Waals surface area contributed by atoms with Crippen molar-refractivity contribution in [3.8, 4) is 0 Å². The summed E-state index contributed by atoms with van der Waals surface area (Å²) in [6.45, 7) is 6.07. The molecular formula is C33H39F3N4O2. The molecule has 0 fully saturated rings. The predicted molar refractivity (Wildman–Crippen MR) is 159 cm³/mol. The van der Waals surface area contributed by atoms with Gasteiger partial charge in [0.25, 0.3) is 0 Å². The minimum Gasteiger partial charge on any atom is -0.299 e. The van der Waals surface area contributed by atoms with Gasteiger partial charge in [-0.2, -0.15) is 13.2 Å². The molecule has 1 aliphatic heterocycles. The zero-order chi connectivity index (χ0) is 30.3. The van der Waals surface area contributed by atoms with E-state index in [0.29, 0.717) is 47.6 Å². The average Bonchev–Trinajstić information content (AvgIpc) is 3.61. The highest BCUT2D eigenvalue weighted by molar-refractivity contribution is 6.27. The number of nitrogens with zero attached hydrogens (tertiary/aromatic N) is 4. The molecule has 3 heterocycles. The summed E-state index contributed by atoms with van der Waals surface area (Å²) < 4.78 is 42.0. The number of hydrogen-bond donors (Lipinski definition) is 0. The molecule has 0 saturated heterocycles. The number of alkyl halides is 3. The molecule has 1 aromatic carbocycles. The van der Waals surface area contributed by atoms with Crippen molar-refractivity contribution in [2.24, 2.45) is 10.9 Å². The first-order valence-corrected chi connectivity index (χ1v) is 14.9. The van der Waals surface area contributed by atoms with Crippen LogP contribution in [0.1, 0.15) is 105 Å². The van der Waals surface area contributed by atoms with E-state index in [1.807, 2.05) is 32.0 Å². The lowest BCUT2D eigenvalue weighted by Gasteiger charge is -2.11. The van der Waals surface area contributed by atoms with Gasteiger partial charge in [-0.05, 0) is 37.3 Å². The van der Waals surface area contributed by atoms with Crippen LogP contribution >= 0.6 is 0 Å². The van der Waals surface area contributed by atoms with Gasteiger partial charge < -0.3 is 0 Å². The van der Waals surface area contributed by atoms with E-state index in [-0.39, 0.29) is 23.8 Å². The zero-order valence-corrected chi connectivity index (χ0v) is 24.6. The Labute approximate surface area is 245 Å². The number of benzene rings is 1. The third kappa shape index (κ3) is 7.61. The van der Waals surface area contributed by atoms with Gasteiger partial charge in [-0.1, -0.05) is 63.8 Å². The highest BCUT2D eigenvalue weighted by Gasteiger charge is 2.40. The molecular weight excluding hydrogens is 541 g/mol. The van der Waals surface area contributed by atoms with Gasteiger partial charge in [-0.3, -0.25) is 24.0 Å². The van der Waals surface area contributed by atoms with E-state index in [1.165, 1.54) is 18.7 Å². The Hall–Kier alpha value is -3.62. The van der Waals surface area contributed by atoms with Crippen LogP contribution in [0.4, 0.5) is 13.2 Å². The van der Waals surface area contributed by atoms with Gasteiger partial charge in [0.15, 0.2) is 11.4 Å². The largest absolute Gasteiger partial charge is 0.433 e. The number of carbonyl (C=O) groups is 2. The molecule has 224 valence electrons. The summed E-state index contributed by atoms with van der Waals surface area (Å²) in [6.07, 6.45) is 9.77. The molecule has 0 bridgehead atoms. The lowest BCUT2D eigenvalue weighted by Crippen LogP contribution is -2.23.